The molecule has 7 nitrogen and oxygen atoms in total. The molecule has 0 aromatic carbocycles. The number of nitrogens with zero attached hydrogens (tertiary/aromatic N) is 2. The maximum absolute atomic E-state index is 12.4. The largest absolute Gasteiger partial charge is 0.480 e. The lowest BCUT2D eigenvalue weighted by atomic mass is 9.96. The minimum absolute atomic E-state index is 0.0281. The molecule has 2 rings (SSSR count). The molecular weight excluding hydrogens is 262 g/mol. The van der Waals surface area contributed by atoms with Crippen LogP contribution in [0, 0.1) is 11.8 Å². The number of likely N-dealkylation sites (tertiary alicyclic amines) is 2. The summed E-state index contributed by atoms with van der Waals surface area (Å²) in [5.74, 6) is -1.47. The van der Waals surface area contributed by atoms with Gasteiger partial charge in [0.15, 0.2) is 0 Å². The molecule has 3 amide bonds. The molecule has 0 spiro atoms. The third-order valence-corrected chi connectivity index (χ3v) is 4.37. The van der Waals surface area contributed by atoms with Gasteiger partial charge in [0.2, 0.25) is 5.91 Å². The predicted molar refractivity (Wildman–Crippen MR) is 70.8 cm³/mol. The lowest BCUT2D eigenvalue weighted by Gasteiger charge is -2.35. The molecule has 112 valence electrons. The van der Waals surface area contributed by atoms with Crippen molar-refractivity contribution in [1.82, 2.24) is 9.80 Å². The van der Waals surface area contributed by atoms with Crippen LogP contribution < -0.4 is 5.73 Å². The minimum Gasteiger partial charge on any atom is -0.480 e. The van der Waals surface area contributed by atoms with Crippen molar-refractivity contribution < 1.29 is 19.5 Å². The van der Waals surface area contributed by atoms with Gasteiger partial charge in [-0.2, -0.15) is 0 Å². The van der Waals surface area contributed by atoms with Crippen LogP contribution in [0.4, 0.5) is 4.79 Å². The summed E-state index contributed by atoms with van der Waals surface area (Å²) in [6, 6.07) is -0.971. The maximum Gasteiger partial charge on any atom is 0.326 e. The fraction of sp³-hybridized carbons (Fsp3) is 0.769. The number of carbonyl (C=O) groups is 3. The summed E-state index contributed by atoms with van der Waals surface area (Å²) in [6.07, 6.45) is 1.82. The van der Waals surface area contributed by atoms with Crippen molar-refractivity contribution in [3.8, 4) is 0 Å². The van der Waals surface area contributed by atoms with E-state index in [1.54, 1.807) is 4.90 Å². The zero-order chi connectivity index (χ0) is 14.9. The Balaban J connectivity index is 1.98. The monoisotopic (exact) mass is 283 g/mol. The van der Waals surface area contributed by atoms with E-state index in [0.717, 1.165) is 0 Å². The van der Waals surface area contributed by atoms with Crippen molar-refractivity contribution in [3.05, 3.63) is 0 Å². The summed E-state index contributed by atoms with van der Waals surface area (Å²) in [7, 11) is 0. The van der Waals surface area contributed by atoms with E-state index in [1.165, 1.54) is 4.90 Å². The van der Waals surface area contributed by atoms with E-state index >= 15 is 0 Å². The normalized spacial score (nSPS) is 27.6. The number of aliphatic carboxylic acids is 1. The van der Waals surface area contributed by atoms with Crippen LogP contribution >= 0.6 is 0 Å². The third kappa shape index (κ3) is 2.71. The number of carboxylic acid groups (broad SMARTS) is 1. The Kier molecular flexibility index (Phi) is 4.15. The van der Waals surface area contributed by atoms with Gasteiger partial charge in [0.05, 0.1) is 0 Å². The van der Waals surface area contributed by atoms with Crippen LogP contribution in [0.1, 0.15) is 26.2 Å². The lowest BCUT2D eigenvalue weighted by molar-refractivity contribution is -0.142. The Morgan fingerprint density at radius 1 is 1.10 bits per heavy atom. The number of amides is 3. The van der Waals surface area contributed by atoms with E-state index in [4.69, 9.17) is 5.73 Å². The van der Waals surface area contributed by atoms with Crippen LogP contribution in [-0.4, -0.2) is 58.5 Å². The molecular formula is C13H21N3O4. The van der Waals surface area contributed by atoms with Gasteiger partial charge in [0.1, 0.15) is 6.04 Å². The first-order valence-corrected chi connectivity index (χ1v) is 6.99. The van der Waals surface area contributed by atoms with E-state index in [9.17, 15) is 19.5 Å². The molecule has 2 unspecified atom stereocenters. The number of primary amides is 1. The molecule has 0 radical (unpaired) electrons. The highest BCUT2D eigenvalue weighted by atomic mass is 16.4. The molecule has 2 saturated heterocycles. The van der Waals surface area contributed by atoms with E-state index in [-0.39, 0.29) is 23.8 Å². The number of carbonyl (C=O) groups excluding carboxylic acids is 2. The van der Waals surface area contributed by atoms with Gasteiger partial charge in [-0.25, -0.2) is 9.59 Å². The van der Waals surface area contributed by atoms with Crippen LogP contribution in [0.3, 0.4) is 0 Å². The van der Waals surface area contributed by atoms with Crippen molar-refractivity contribution in [3.63, 3.8) is 0 Å². The number of nitrogens with two attached hydrogens (primary N) is 1. The van der Waals surface area contributed by atoms with Crippen molar-refractivity contribution in [2.75, 3.05) is 19.6 Å². The van der Waals surface area contributed by atoms with Crippen molar-refractivity contribution in [2.24, 2.45) is 17.6 Å². The van der Waals surface area contributed by atoms with Crippen molar-refractivity contribution >= 4 is 17.9 Å². The van der Waals surface area contributed by atoms with Gasteiger partial charge < -0.3 is 20.6 Å². The Morgan fingerprint density at radius 2 is 1.70 bits per heavy atom. The van der Waals surface area contributed by atoms with Crippen LogP contribution in [0.25, 0.3) is 0 Å². The highest BCUT2D eigenvalue weighted by Gasteiger charge is 2.41. The van der Waals surface area contributed by atoms with E-state index in [2.05, 4.69) is 0 Å². The second kappa shape index (κ2) is 5.68. The van der Waals surface area contributed by atoms with Gasteiger partial charge in [-0.3, -0.25) is 4.79 Å². The number of hydrogen-bond donors (Lipinski definition) is 2. The molecule has 7 heteroatoms. The summed E-state index contributed by atoms with van der Waals surface area (Å²) in [5.41, 5.74) is 5.26. The summed E-state index contributed by atoms with van der Waals surface area (Å²) in [6.45, 7) is 3.26. The average Bonchev–Trinajstić information content (AvgIpc) is 2.80. The number of urea groups is 1. The fourth-order valence-electron chi connectivity index (χ4n) is 3.08. The van der Waals surface area contributed by atoms with Crippen LogP contribution in [0.5, 0.6) is 0 Å². The first kappa shape index (κ1) is 14.6. The average molecular weight is 283 g/mol. The molecule has 0 bridgehead atoms. The van der Waals surface area contributed by atoms with Crippen LogP contribution in [0.2, 0.25) is 0 Å². The number of piperidine rings is 1. The quantitative estimate of drug-likeness (QED) is 0.750. The standard InChI is InChI=1S/C13H21N3O4/c1-8-2-7-16(10(8)12(18)19)13(20)15-5-3-9(4-6-15)11(14)17/h8-10H,2-7H2,1H3,(H2,14,17)(H,18,19). The van der Waals surface area contributed by atoms with Gasteiger partial charge in [0, 0.05) is 25.6 Å². The Labute approximate surface area is 117 Å². The van der Waals surface area contributed by atoms with Gasteiger partial charge in [0.25, 0.3) is 0 Å². The third-order valence-electron chi connectivity index (χ3n) is 4.37. The zero-order valence-electron chi connectivity index (χ0n) is 11.6. The molecule has 0 saturated carbocycles. The molecule has 2 atom stereocenters. The SMILES string of the molecule is CC1CCN(C(=O)N2CCC(C(N)=O)CC2)C1C(=O)O. The van der Waals surface area contributed by atoms with Crippen LogP contribution in [-0.2, 0) is 9.59 Å². The van der Waals surface area contributed by atoms with Gasteiger partial charge in [-0.1, -0.05) is 6.92 Å². The van der Waals surface area contributed by atoms with Crippen LogP contribution in [0.15, 0.2) is 0 Å². The predicted octanol–water partition coefficient (Wildman–Crippen LogP) is 0.0987. The van der Waals surface area contributed by atoms with Crippen molar-refractivity contribution in [1.29, 1.82) is 0 Å². The molecule has 2 fully saturated rings. The number of rotatable bonds is 2. The highest BCUT2D eigenvalue weighted by molar-refractivity contribution is 5.84. The molecule has 20 heavy (non-hydrogen) atoms. The fourth-order valence-corrected chi connectivity index (χ4v) is 3.08. The molecule has 2 aliphatic rings. The molecule has 0 aromatic rings. The molecule has 2 aliphatic heterocycles. The first-order valence-electron chi connectivity index (χ1n) is 6.99. The summed E-state index contributed by atoms with van der Waals surface area (Å²) >= 11 is 0. The smallest absolute Gasteiger partial charge is 0.326 e. The van der Waals surface area contributed by atoms with E-state index in [1.807, 2.05) is 6.92 Å². The number of hydrogen-bond acceptors (Lipinski definition) is 3. The Hall–Kier alpha value is -1.79. The topological polar surface area (TPSA) is 104 Å². The maximum atomic E-state index is 12.4. The van der Waals surface area contributed by atoms with Gasteiger partial charge >= 0.3 is 12.0 Å². The highest BCUT2D eigenvalue weighted by Crippen LogP contribution is 2.27. The first-order chi connectivity index (χ1) is 9.41. The van der Waals surface area contributed by atoms with E-state index < -0.39 is 12.0 Å². The number of carboxylic acids is 1. The molecule has 2 heterocycles. The Bertz CT molecular complexity index is 418. The molecule has 3 N–H and O–H groups in total. The molecule has 0 aromatic heterocycles. The summed E-state index contributed by atoms with van der Waals surface area (Å²) in [4.78, 5) is 37.9. The summed E-state index contributed by atoms with van der Waals surface area (Å²) < 4.78 is 0. The van der Waals surface area contributed by atoms with E-state index in [0.29, 0.717) is 38.9 Å². The van der Waals surface area contributed by atoms with Crippen molar-refractivity contribution in [2.45, 2.75) is 32.2 Å². The second-order valence-corrected chi connectivity index (χ2v) is 5.69. The van der Waals surface area contributed by atoms with Gasteiger partial charge in [-0.15, -0.1) is 0 Å². The minimum atomic E-state index is -0.949. The summed E-state index contributed by atoms with van der Waals surface area (Å²) in [5, 5.41) is 9.24. The Morgan fingerprint density at radius 3 is 2.20 bits per heavy atom. The molecule has 0 aliphatic carbocycles. The second-order valence-electron chi connectivity index (χ2n) is 5.69. The van der Waals surface area contributed by atoms with Gasteiger partial charge in [-0.05, 0) is 25.2 Å². The lowest BCUT2D eigenvalue weighted by Crippen LogP contribution is -2.52. The zero-order valence-corrected chi connectivity index (χ0v) is 11.6.